The van der Waals surface area contributed by atoms with Gasteiger partial charge in [0, 0.05) is 19.1 Å². The van der Waals surface area contributed by atoms with E-state index < -0.39 is 0 Å². The number of aromatic nitrogens is 3. The number of nitrogens with one attached hydrogen (secondary N) is 2. The van der Waals surface area contributed by atoms with E-state index in [-0.39, 0.29) is 24.0 Å². The summed E-state index contributed by atoms with van der Waals surface area (Å²) in [6, 6.07) is 9.76. The maximum atomic E-state index is 4.85. The molecule has 2 aliphatic rings. The van der Waals surface area contributed by atoms with Crippen molar-refractivity contribution in [3.8, 4) is 0 Å². The number of fused-ring (bicyclic) bond motifs is 1. The topological polar surface area (TPSA) is 67.1 Å². The molecule has 0 radical (unpaired) electrons. The molecule has 4 rings (SSSR count). The number of hydrogen-bond donors (Lipinski definition) is 2. The molecule has 1 aromatic heterocycles. The van der Waals surface area contributed by atoms with Crippen molar-refractivity contribution < 1.29 is 0 Å². The van der Waals surface area contributed by atoms with Gasteiger partial charge in [-0.25, -0.2) is 4.99 Å². The molecule has 0 amide bonds. The van der Waals surface area contributed by atoms with Gasteiger partial charge in [-0.05, 0) is 50.2 Å². The third-order valence-electron chi connectivity index (χ3n) is 5.95. The van der Waals surface area contributed by atoms with Gasteiger partial charge in [0.1, 0.15) is 12.4 Å². The van der Waals surface area contributed by atoms with Gasteiger partial charge in [-0.3, -0.25) is 0 Å². The first-order chi connectivity index (χ1) is 13.2. The van der Waals surface area contributed by atoms with Crippen LogP contribution in [0.5, 0.6) is 0 Å². The molecule has 7 heteroatoms. The van der Waals surface area contributed by atoms with Crippen molar-refractivity contribution in [2.24, 2.45) is 12.0 Å². The van der Waals surface area contributed by atoms with Gasteiger partial charge in [0.25, 0.3) is 0 Å². The van der Waals surface area contributed by atoms with Gasteiger partial charge in [0.05, 0.1) is 0 Å². The number of guanidine groups is 1. The van der Waals surface area contributed by atoms with Gasteiger partial charge in [-0.15, -0.1) is 34.2 Å². The Labute approximate surface area is 184 Å². The lowest BCUT2D eigenvalue weighted by Gasteiger charge is -2.28. The molecule has 28 heavy (non-hydrogen) atoms. The summed E-state index contributed by atoms with van der Waals surface area (Å²) in [5.74, 6) is 2.74. The number of nitrogens with zero attached hydrogens (tertiary/aromatic N) is 4. The second-order valence-corrected chi connectivity index (χ2v) is 7.87. The van der Waals surface area contributed by atoms with Crippen molar-refractivity contribution >= 4 is 29.9 Å². The summed E-state index contributed by atoms with van der Waals surface area (Å²) in [6.07, 6.45) is 8.42. The molecule has 1 saturated carbocycles. The van der Waals surface area contributed by atoms with Crippen LogP contribution in [0.2, 0.25) is 0 Å². The van der Waals surface area contributed by atoms with Gasteiger partial charge in [-0.2, -0.15) is 0 Å². The SMILES string of the molecule is Cc1nnc(CN=C(NC2CCCC2)NC2CCc3ccccc3C2)n1C.I. The minimum Gasteiger partial charge on any atom is -0.354 e. The van der Waals surface area contributed by atoms with Crippen molar-refractivity contribution in [3.63, 3.8) is 0 Å². The molecule has 152 valence electrons. The fourth-order valence-corrected chi connectivity index (χ4v) is 4.15. The van der Waals surface area contributed by atoms with Gasteiger partial charge < -0.3 is 15.2 Å². The molecule has 6 nitrogen and oxygen atoms in total. The zero-order valence-corrected chi connectivity index (χ0v) is 19.1. The monoisotopic (exact) mass is 494 g/mol. The molecule has 0 spiro atoms. The first-order valence-corrected chi connectivity index (χ1v) is 10.2. The van der Waals surface area contributed by atoms with Crippen LogP contribution in [0.15, 0.2) is 29.3 Å². The number of benzene rings is 1. The first kappa shape index (κ1) is 21.1. The van der Waals surface area contributed by atoms with E-state index in [1.807, 2.05) is 18.5 Å². The lowest BCUT2D eigenvalue weighted by molar-refractivity contribution is 0.509. The van der Waals surface area contributed by atoms with E-state index in [2.05, 4.69) is 45.1 Å². The van der Waals surface area contributed by atoms with E-state index in [0.29, 0.717) is 18.6 Å². The molecule has 1 aromatic carbocycles. The van der Waals surface area contributed by atoms with Crippen molar-refractivity contribution in [2.75, 3.05) is 0 Å². The Bertz CT molecular complexity index is 809. The first-order valence-electron chi connectivity index (χ1n) is 10.2. The lowest BCUT2D eigenvalue weighted by Crippen LogP contribution is -2.48. The van der Waals surface area contributed by atoms with E-state index in [1.165, 1.54) is 36.8 Å². The van der Waals surface area contributed by atoms with Crippen LogP contribution in [0.3, 0.4) is 0 Å². The standard InChI is InChI=1S/C21H30N6.HI/c1-15-25-26-20(27(15)2)14-22-21(23-18-9-5-6-10-18)24-19-12-11-16-7-3-4-8-17(16)13-19;/h3-4,7-8,18-19H,5-6,9-14H2,1-2H3,(H2,22,23,24);1H. The van der Waals surface area contributed by atoms with Crippen LogP contribution >= 0.6 is 24.0 Å². The second-order valence-electron chi connectivity index (χ2n) is 7.87. The Morgan fingerprint density at radius 1 is 1.07 bits per heavy atom. The quantitative estimate of drug-likeness (QED) is 0.389. The molecule has 0 bridgehead atoms. The summed E-state index contributed by atoms with van der Waals surface area (Å²) >= 11 is 0. The van der Waals surface area contributed by atoms with Crippen LogP contribution in [-0.4, -0.2) is 32.8 Å². The Morgan fingerprint density at radius 3 is 2.50 bits per heavy atom. The maximum absolute atomic E-state index is 4.85. The Kier molecular flexibility index (Phi) is 7.31. The minimum absolute atomic E-state index is 0. The largest absolute Gasteiger partial charge is 0.354 e. The van der Waals surface area contributed by atoms with Crippen molar-refractivity contribution in [1.29, 1.82) is 0 Å². The Hall–Kier alpha value is -1.64. The summed E-state index contributed by atoms with van der Waals surface area (Å²) in [4.78, 5) is 4.85. The number of aryl methyl sites for hydroxylation is 2. The predicted molar refractivity (Wildman–Crippen MR) is 123 cm³/mol. The Balaban J connectivity index is 0.00000225. The zero-order valence-electron chi connectivity index (χ0n) is 16.8. The van der Waals surface area contributed by atoms with Crippen LogP contribution in [0, 0.1) is 6.92 Å². The van der Waals surface area contributed by atoms with Crippen molar-refractivity contribution in [2.45, 2.75) is 70.5 Å². The highest BCUT2D eigenvalue weighted by molar-refractivity contribution is 14.0. The highest BCUT2D eigenvalue weighted by Crippen LogP contribution is 2.21. The minimum atomic E-state index is 0. The van der Waals surface area contributed by atoms with E-state index in [0.717, 1.165) is 36.9 Å². The zero-order chi connectivity index (χ0) is 18.6. The summed E-state index contributed by atoms with van der Waals surface area (Å²) in [5, 5.41) is 15.8. The average molecular weight is 494 g/mol. The molecule has 1 heterocycles. The molecule has 1 fully saturated rings. The van der Waals surface area contributed by atoms with Gasteiger partial charge in [0.15, 0.2) is 11.8 Å². The fraction of sp³-hybridized carbons (Fsp3) is 0.571. The van der Waals surface area contributed by atoms with Crippen LogP contribution in [0.25, 0.3) is 0 Å². The summed E-state index contributed by atoms with van der Waals surface area (Å²) < 4.78 is 2.01. The van der Waals surface area contributed by atoms with Crippen LogP contribution < -0.4 is 10.6 Å². The van der Waals surface area contributed by atoms with Crippen molar-refractivity contribution in [3.05, 3.63) is 47.0 Å². The van der Waals surface area contributed by atoms with Crippen LogP contribution in [0.1, 0.15) is 54.9 Å². The smallest absolute Gasteiger partial charge is 0.192 e. The normalized spacial score (nSPS) is 19.8. The highest BCUT2D eigenvalue weighted by Gasteiger charge is 2.21. The molecule has 2 aromatic rings. The van der Waals surface area contributed by atoms with E-state index in [4.69, 9.17) is 4.99 Å². The molecular weight excluding hydrogens is 463 g/mol. The highest BCUT2D eigenvalue weighted by atomic mass is 127. The summed E-state index contributed by atoms with van der Waals surface area (Å²) in [7, 11) is 2.00. The molecule has 1 unspecified atom stereocenters. The summed E-state index contributed by atoms with van der Waals surface area (Å²) in [5.41, 5.74) is 2.96. The van der Waals surface area contributed by atoms with Crippen molar-refractivity contribution in [1.82, 2.24) is 25.4 Å². The molecular formula is C21H31IN6. The summed E-state index contributed by atoms with van der Waals surface area (Å²) in [6.45, 7) is 2.51. The van der Waals surface area contributed by atoms with E-state index >= 15 is 0 Å². The van der Waals surface area contributed by atoms with E-state index in [9.17, 15) is 0 Å². The molecule has 2 N–H and O–H groups in total. The molecule has 2 aliphatic carbocycles. The Morgan fingerprint density at radius 2 is 1.79 bits per heavy atom. The number of hydrogen-bond acceptors (Lipinski definition) is 3. The molecule has 1 atom stereocenters. The lowest BCUT2D eigenvalue weighted by atomic mass is 9.88. The van der Waals surface area contributed by atoms with Gasteiger partial charge >= 0.3 is 0 Å². The van der Waals surface area contributed by atoms with Gasteiger partial charge in [-0.1, -0.05) is 37.1 Å². The molecule has 0 saturated heterocycles. The van der Waals surface area contributed by atoms with Crippen LogP contribution in [-0.2, 0) is 26.4 Å². The number of rotatable bonds is 4. The fourth-order valence-electron chi connectivity index (χ4n) is 4.15. The number of aliphatic imine (C=N–C) groups is 1. The van der Waals surface area contributed by atoms with Gasteiger partial charge in [0.2, 0.25) is 0 Å². The predicted octanol–water partition coefficient (Wildman–Crippen LogP) is 3.28. The second kappa shape index (κ2) is 9.71. The third kappa shape index (κ3) is 5.04. The molecule has 0 aliphatic heterocycles. The van der Waals surface area contributed by atoms with Crippen LogP contribution in [0.4, 0.5) is 0 Å². The maximum Gasteiger partial charge on any atom is 0.192 e. The van der Waals surface area contributed by atoms with E-state index in [1.54, 1.807) is 0 Å². The third-order valence-corrected chi connectivity index (χ3v) is 5.95. The number of halogens is 1. The average Bonchev–Trinajstić information content (AvgIpc) is 3.30.